The van der Waals surface area contributed by atoms with E-state index in [0.29, 0.717) is 6.54 Å². The molecular formula is C22H27N5O3S. The van der Waals surface area contributed by atoms with E-state index in [4.69, 9.17) is 4.74 Å². The molecule has 1 atom stereocenters. The molecule has 0 spiro atoms. The average molecular weight is 442 g/mol. The maximum Gasteiger partial charge on any atom is 0.232 e. The molecule has 1 N–H and O–H groups in total. The largest absolute Gasteiger partial charge is 0.379 e. The summed E-state index contributed by atoms with van der Waals surface area (Å²) in [6, 6.07) is 13.7. The number of rotatable bonds is 9. The summed E-state index contributed by atoms with van der Waals surface area (Å²) in [5.41, 5.74) is 1.75. The summed E-state index contributed by atoms with van der Waals surface area (Å²) in [7, 11) is -1.34. The molecule has 1 fully saturated rings. The van der Waals surface area contributed by atoms with E-state index in [9.17, 15) is 9.00 Å². The summed E-state index contributed by atoms with van der Waals surface area (Å²) < 4.78 is 21.8. The standard InChI is InChI=1S/C22H27N5O3S/c28-21(23-8-11-25-12-14-30-15-13-25)18-31(29)17-19-16-24-27(20-6-2-1-3-7-20)22(19)26-9-4-5-10-26/h1-7,9-10,16H,8,11-15,17-18H2,(H,23,28). The van der Waals surface area contributed by atoms with Gasteiger partial charge in [-0.05, 0) is 24.3 Å². The molecule has 3 heterocycles. The summed E-state index contributed by atoms with van der Waals surface area (Å²) in [4.78, 5) is 14.5. The molecule has 164 valence electrons. The van der Waals surface area contributed by atoms with Crippen LogP contribution in [0.3, 0.4) is 0 Å². The van der Waals surface area contributed by atoms with E-state index in [-0.39, 0.29) is 17.4 Å². The van der Waals surface area contributed by atoms with Crippen LogP contribution in [0.5, 0.6) is 0 Å². The van der Waals surface area contributed by atoms with Crippen molar-refractivity contribution in [1.29, 1.82) is 0 Å². The van der Waals surface area contributed by atoms with E-state index in [1.165, 1.54) is 0 Å². The average Bonchev–Trinajstić information content (AvgIpc) is 3.45. The van der Waals surface area contributed by atoms with Gasteiger partial charge in [0.1, 0.15) is 11.6 Å². The number of nitrogens with one attached hydrogen (secondary N) is 1. The molecule has 1 aliphatic rings. The smallest absolute Gasteiger partial charge is 0.232 e. The molecule has 1 amide bonds. The third kappa shape index (κ3) is 5.69. The molecule has 9 heteroatoms. The first-order valence-electron chi connectivity index (χ1n) is 10.4. The Balaban J connectivity index is 1.38. The van der Waals surface area contributed by atoms with Gasteiger partial charge in [0.05, 0.1) is 30.9 Å². The number of carbonyl (C=O) groups excluding carboxylic acids is 1. The van der Waals surface area contributed by atoms with Gasteiger partial charge in [-0.25, -0.2) is 4.68 Å². The van der Waals surface area contributed by atoms with Gasteiger partial charge in [-0.1, -0.05) is 18.2 Å². The van der Waals surface area contributed by atoms with Crippen LogP contribution < -0.4 is 5.32 Å². The lowest BCUT2D eigenvalue weighted by atomic mass is 10.3. The van der Waals surface area contributed by atoms with Crippen LogP contribution in [0.4, 0.5) is 0 Å². The first-order chi connectivity index (χ1) is 15.2. The molecule has 0 aliphatic carbocycles. The van der Waals surface area contributed by atoms with Crippen LogP contribution in [0.15, 0.2) is 61.1 Å². The summed E-state index contributed by atoms with van der Waals surface area (Å²) in [6.07, 6.45) is 5.60. The lowest BCUT2D eigenvalue weighted by molar-refractivity contribution is -0.118. The third-order valence-corrected chi connectivity index (χ3v) is 6.35. The molecule has 0 saturated carbocycles. The maximum atomic E-state index is 12.7. The number of benzene rings is 1. The second-order valence-electron chi connectivity index (χ2n) is 7.36. The molecule has 1 aliphatic heterocycles. The van der Waals surface area contributed by atoms with Crippen LogP contribution in [-0.2, 0) is 26.1 Å². The van der Waals surface area contributed by atoms with E-state index in [1.807, 2.05) is 64.1 Å². The number of amides is 1. The van der Waals surface area contributed by atoms with Crippen molar-refractivity contribution in [2.45, 2.75) is 5.75 Å². The minimum absolute atomic E-state index is 0.0231. The molecule has 1 saturated heterocycles. The van der Waals surface area contributed by atoms with Gasteiger partial charge >= 0.3 is 0 Å². The predicted octanol–water partition coefficient (Wildman–Crippen LogP) is 1.36. The molecule has 3 aromatic rings. The fraction of sp³-hybridized carbons (Fsp3) is 0.364. The van der Waals surface area contributed by atoms with Crippen molar-refractivity contribution in [3.8, 4) is 11.5 Å². The lowest BCUT2D eigenvalue weighted by Gasteiger charge is -2.26. The van der Waals surface area contributed by atoms with Crippen LogP contribution in [0.25, 0.3) is 11.5 Å². The summed E-state index contributed by atoms with van der Waals surface area (Å²) >= 11 is 0. The minimum atomic E-state index is -1.34. The zero-order chi connectivity index (χ0) is 21.5. The maximum absolute atomic E-state index is 12.7. The predicted molar refractivity (Wildman–Crippen MR) is 120 cm³/mol. The minimum Gasteiger partial charge on any atom is -0.379 e. The van der Waals surface area contributed by atoms with Gasteiger partial charge in [0.15, 0.2) is 0 Å². The van der Waals surface area contributed by atoms with Crippen LogP contribution in [-0.4, -0.2) is 74.5 Å². The Morgan fingerprint density at radius 1 is 1.10 bits per heavy atom. The quantitative estimate of drug-likeness (QED) is 0.542. The van der Waals surface area contributed by atoms with Crippen molar-refractivity contribution in [3.63, 3.8) is 0 Å². The number of carbonyl (C=O) groups is 1. The zero-order valence-electron chi connectivity index (χ0n) is 17.4. The van der Waals surface area contributed by atoms with E-state index in [0.717, 1.165) is 49.9 Å². The fourth-order valence-corrected chi connectivity index (χ4v) is 4.63. The van der Waals surface area contributed by atoms with Gasteiger partial charge in [-0.2, -0.15) is 5.10 Å². The van der Waals surface area contributed by atoms with Gasteiger partial charge in [0.2, 0.25) is 5.91 Å². The molecule has 1 unspecified atom stereocenters. The van der Waals surface area contributed by atoms with Crippen LogP contribution >= 0.6 is 0 Å². The van der Waals surface area contributed by atoms with Crippen molar-refractivity contribution in [1.82, 2.24) is 24.6 Å². The molecule has 1 aromatic carbocycles. The molecular weight excluding hydrogens is 414 g/mol. The van der Waals surface area contributed by atoms with Crippen molar-refractivity contribution < 1.29 is 13.7 Å². The number of aromatic nitrogens is 3. The Labute approximate surface area is 184 Å². The highest BCUT2D eigenvalue weighted by molar-refractivity contribution is 7.84. The van der Waals surface area contributed by atoms with E-state index in [1.54, 1.807) is 6.20 Å². The van der Waals surface area contributed by atoms with Crippen molar-refractivity contribution >= 4 is 16.7 Å². The fourth-order valence-electron chi connectivity index (χ4n) is 3.59. The van der Waals surface area contributed by atoms with Crippen molar-refractivity contribution in [3.05, 3.63) is 66.6 Å². The molecule has 4 rings (SSSR count). The first-order valence-corrected chi connectivity index (χ1v) is 11.9. The number of nitrogens with zero attached hydrogens (tertiary/aromatic N) is 4. The molecule has 31 heavy (non-hydrogen) atoms. The SMILES string of the molecule is O=C(CS(=O)Cc1cnn(-c2ccccc2)c1-n1cccc1)NCCN1CCOCC1. The van der Waals surface area contributed by atoms with Gasteiger partial charge < -0.3 is 14.6 Å². The second-order valence-corrected chi connectivity index (χ2v) is 8.82. The number of hydrogen-bond donors (Lipinski definition) is 1. The van der Waals surface area contributed by atoms with E-state index in [2.05, 4.69) is 15.3 Å². The van der Waals surface area contributed by atoms with Gasteiger partial charge in [-0.15, -0.1) is 0 Å². The van der Waals surface area contributed by atoms with Gasteiger partial charge in [0.25, 0.3) is 0 Å². The Morgan fingerprint density at radius 3 is 2.58 bits per heavy atom. The van der Waals surface area contributed by atoms with Crippen molar-refractivity contribution in [2.75, 3.05) is 45.1 Å². The van der Waals surface area contributed by atoms with E-state index < -0.39 is 10.8 Å². The van der Waals surface area contributed by atoms with Crippen molar-refractivity contribution in [2.24, 2.45) is 0 Å². The van der Waals surface area contributed by atoms with Gasteiger partial charge in [-0.3, -0.25) is 13.9 Å². The number of ether oxygens (including phenoxy) is 1. The highest BCUT2D eigenvalue weighted by Crippen LogP contribution is 2.21. The van der Waals surface area contributed by atoms with Crippen LogP contribution in [0, 0.1) is 0 Å². The summed E-state index contributed by atoms with van der Waals surface area (Å²) in [5.74, 6) is 0.879. The number of morpholine rings is 1. The van der Waals surface area contributed by atoms with Crippen LogP contribution in [0.2, 0.25) is 0 Å². The molecule has 8 nitrogen and oxygen atoms in total. The number of hydrogen-bond acceptors (Lipinski definition) is 5. The Hall–Kier alpha value is -2.75. The normalized spacial score (nSPS) is 15.6. The summed E-state index contributed by atoms with van der Waals surface area (Å²) in [6.45, 7) is 4.57. The Morgan fingerprint density at radius 2 is 1.84 bits per heavy atom. The monoisotopic (exact) mass is 441 g/mol. The second kappa shape index (κ2) is 10.5. The Bertz CT molecular complexity index is 998. The zero-order valence-corrected chi connectivity index (χ0v) is 18.2. The number of para-hydroxylation sites is 1. The van der Waals surface area contributed by atoms with Crippen LogP contribution in [0.1, 0.15) is 5.56 Å². The third-order valence-electron chi connectivity index (χ3n) is 5.13. The lowest BCUT2D eigenvalue weighted by Crippen LogP contribution is -2.42. The first kappa shape index (κ1) is 21.5. The Kier molecular flexibility index (Phi) is 7.29. The summed E-state index contributed by atoms with van der Waals surface area (Å²) in [5, 5.41) is 7.40. The molecule has 2 aromatic heterocycles. The highest BCUT2D eigenvalue weighted by Gasteiger charge is 2.18. The molecule has 0 radical (unpaired) electrons. The van der Waals surface area contributed by atoms with E-state index >= 15 is 0 Å². The topological polar surface area (TPSA) is 81.4 Å². The highest BCUT2D eigenvalue weighted by atomic mass is 32.2. The molecule has 0 bridgehead atoms. The van der Waals surface area contributed by atoms with Gasteiger partial charge in [0, 0.05) is 54.9 Å².